The summed E-state index contributed by atoms with van der Waals surface area (Å²) in [6.45, 7) is 1.70. The van der Waals surface area contributed by atoms with Crippen LogP contribution in [0.15, 0.2) is 43.0 Å². The van der Waals surface area contributed by atoms with Crippen molar-refractivity contribution < 1.29 is 9.90 Å². The fourth-order valence-electron chi connectivity index (χ4n) is 3.68. The Morgan fingerprint density at radius 3 is 2.79 bits per heavy atom. The number of rotatable bonds is 4. The minimum atomic E-state index is -0.278. The summed E-state index contributed by atoms with van der Waals surface area (Å²) in [5, 5.41) is 23.6. The molecule has 3 aromatic heterocycles. The Balaban J connectivity index is 1.40. The van der Waals surface area contributed by atoms with E-state index in [0.29, 0.717) is 36.2 Å². The molecule has 1 unspecified atom stereocenters. The predicted molar refractivity (Wildman–Crippen MR) is 125 cm³/mol. The molecule has 2 bridgehead atoms. The highest BCUT2D eigenvalue weighted by atomic mass is 16.3. The third-order valence-electron chi connectivity index (χ3n) is 5.54. The zero-order valence-electron chi connectivity index (χ0n) is 18.6. The van der Waals surface area contributed by atoms with Crippen molar-refractivity contribution in [2.45, 2.75) is 51.2 Å². The van der Waals surface area contributed by atoms with E-state index in [1.54, 1.807) is 23.3 Å². The number of hydrogen-bond acceptors (Lipinski definition) is 8. The van der Waals surface area contributed by atoms with E-state index in [1.807, 2.05) is 24.4 Å². The number of carbonyl (C=O) groups is 1. The first-order valence-electron chi connectivity index (χ1n) is 11.4. The van der Waals surface area contributed by atoms with E-state index in [2.05, 4.69) is 36.0 Å². The zero-order chi connectivity index (χ0) is 22.9. The SMILES string of the molecule is O=C(NCc1ccc(-n2cccn2)nc1)c1cnc2nc1NCCCC(O)CCCCCN2. The summed E-state index contributed by atoms with van der Waals surface area (Å²) in [5.74, 6) is 1.44. The van der Waals surface area contributed by atoms with Gasteiger partial charge < -0.3 is 21.1 Å². The van der Waals surface area contributed by atoms with Crippen LogP contribution in [0.1, 0.15) is 54.4 Å². The fourth-order valence-corrected chi connectivity index (χ4v) is 3.68. The molecular weight excluding hydrogens is 420 g/mol. The molecule has 0 aliphatic carbocycles. The van der Waals surface area contributed by atoms with Crippen molar-refractivity contribution in [1.29, 1.82) is 0 Å². The van der Waals surface area contributed by atoms with Crippen molar-refractivity contribution in [3.05, 3.63) is 54.1 Å². The number of pyridine rings is 1. The van der Waals surface area contributed by atoms with E-state index >= 15 is 0 Å². The Morgan fingerprint density at radius 2 is 1.97 bits per heavy atom. The van der Waals surface area contributed by atoms with Gasteiger partial charge in [-0.25, -0.2) is 14.6 Å². The van der Waals surface area contributed by atoms with Gasteiger partial charge in [-0.1, -0.05) is 18.9 Å². The molecule has 10 heteroatoms. The van der Waals surface area contributed by atoms with Crippen molar-refractivity contribution in [1.82, 2.24) is 30.0 Å². The number of fused-ring (bicyclic) bond motifs is 2. The molecule has 0 fully saturated rings. The maximum Gasteiger partial charge on any atom is 0.256 e. The number of aliphatic hydroxyl groups is 1. The van der Waals surface area contributed by atoms with Gasteiger partial charge in [-0.3, -0.25) is 4.79 Å². The maximum absolute atomic E-state index is 12.9. The van der Waals surface area contributed by atoms with Crippen molar-refractivity contribution in [2.24, 2.45) is 0 Å². The summed E-state index contributed by atoms with van der Waals surface area (Å²) in [5.41, 5.74) is 1.26. The lowest BCUT2D eigenvalue weighted by Gasteiger charge is -2.15. The average Bonchev–Trinajstić information content (AvgIpc) is 3.37. The second-order valence-electron chi connectivity index (χ2n) is 8.11. The molecule has 0 saturated carbocycles. The molecule has 1 atom stereocenters. The van der Waals surface area contributed by atoms with Gasteiger partial charge in [-0.05, 0) is 43.4 Å². The zero-order valence-corrected chi connectivity index (χ0v) is 18.6. The van der Waals surface area contributed by atoms with Crippen molar-refractivity contribution in [3.8, 4) is 5.82 Å². The summed E-state index contributed by atoms with van der Waals surface area (Å²) >= 11 is 0. The molecule has 4 heterocycles. The van der Waals surface area contributed by atoms with Crippen LogP contribution in [0.5, 0.6) is 0 Å². The van der Waals surface area contributed by atoms with Gasteiger partial charge in [0.2, 0.25) is 5.95 Å². The standard InChI is InChI=1S/C23H30N8O2/c32-18-6-2-1-3-10-25-23-28-16-19(21(30-23)24-11-4-7-18)22(33)27-15-17-8-9-20(26-14-17)31-13-5-12-29-31/h5,8-9,12-14,16,18,32H,1-4,6-7,10-11,15H2,(H,27,33)(H2,24,25,28,30). The Labute approximate surface area is 192 Å². The second-order valence-corrected chi connectivity index (χ2v) is 8.11. The van der Waals surface area contributed by atoms with Crippen LogP contribution in [-0.4, -0.2) is 54.9 Å². The van der Waals surface area contributed by atoms with Crippen LogP contribution < -0.4 is 16.0 Å². The lowest BCUT2D eigenvalue weighted by molar-refractivity contribution is 0.0951. The molecule has 10 nitrogen and oxygen atoms in total. The van der Waals surface area contributed by atoms with E-state index in [0.717, 1.165) is 50.6 Å². The average molecular weight is 451 g/mol. The summed E-state index contributed by atoms with van der Waals surface area (Å²) in [6.07, 6.45) is 11.9. The highest BCUT2D eigenvalue weighted by Crippen LogP contribution is 2.16. The molecule has 1 amide bonds. The minimum Gasteiger partial charge on any atom is -0.393 e. The Morgan fingerprint density at radius 1 is 1.09 bits per heavy atom. The van der Waals surface area contributed by atoms with Gasteiger partial charge >= 0.3 is 0 Å². The van der Waals surface area contributed by atoms with Crippen LogP contribution in [0.2, 0.25) is 0 Å². The number of nitrogens with one attached hydrogen (secondary N) is 3. The number of nitrogens with zero attached hydrogens (tertiary/aromatic N) is 5. The van der Waals surface area contributed by atoms with E-state index in [4.69, 9.17) is 0 Å². The third kappa shape index (κ3) is 6.48. The summed E-state index contributed by atoms with van der Waals surface area (Å²) < 4.78 is 1.68. The molecule has 4 N–H and O–H groups in total. The number of hydrogen-bond donors (Lipinski definition) is 4. The van der Waals surface area contributed by atoms with Crippen LogP contribution in [0.4, 0.5) is 11.8 Å². The molecule has 0 spiro atoms. The van der Waals surface area contributed by atoms with Gasteiger partial charge in [0.25, 0.3) is 5.91 Å². The number of amides is 1. The van der Waals surface area contributed by atoms with E-state index in [9.17, 15) is 9.90 Å². The van der Waals surface area contributed by atoms with E-state index in [1.165, 1.54) is 0 Å². The normalized spacial score (nSPS) is 17.3. The van der Waals surface area contributed by atoms with Crippen LogP contribution in [0, 0.1) is 0 Å². The van der Waals surface area contributed by atoms with Crippen LogP contribution >= 0.6 is 0 Å². The number of aromatic nitrogens is 5. The molecule has 174 valence electrons. The Bertz CT molecular complexity index is 1020. The smallest absolute Gasteiger partial charge is 0.256 e. The molecule has 1 aliphatic heterocycles. The Kier molecular flexibility index (Phi) is 7.81. The highest BCUT2D eigenvalue weighted by Gasteiger charge is 2.15. The van der Waals surface area contributed by atoms with Crippen molar-refractivity contribution >= 4 is 17.7 Å². The summed E-state index contributed by atoms with van der Waals surface area (Å²) in [6, 6.07) is 5.60. The fraction of sp³-hybridized carbons (Fsp3) is 0.435. The molecular formula is C23H30N8O2. The van der Waals surface area contributed by atoms with Gasteiger partial charge in [0.05, 0.1) is 6.10 Å². The van der Waals surface area contributed by atoms with E-state index < -0.39 is 0 Å². The van der Waals surface area contributed by atoms with Gasteiger partial charge in [-0.15, -0.1) is 0 Å². The minimum absolute atomic E-state index is 0.263. The first-order chi connectivity index (χ1) is 16.2. The molecule has 0 radical (unpaired) electrons. The molecule has 3 aromatic rings. The number of anilines is 2. The highest BCUT2D eigenvalue weighted by molar-refractivity contribution is 5.98. The molecule has 33 heavy (non-hydrogen) atoms. The molecule has 1 aliphatic rings. The topological polar surface area (TPSA) is 130 Å². The first kappa shape index (κ1) is 22.7. The molecule has 4 rings (SSSR count). The monoisotopic (exact) mass is 450 g/mol. The van der Waals surface area contributed by atoms with Crippen molar-refractivity contribution in [3.63, 3.8) is 0 Å². The van der Waals surface area contributed by atoms with E-state index in [-0.39, 0.29) is 12.0 Å². The number of carbonyl (C=O) groups excluding carboxylic acids is 1. The Hall–Kier alpha value is -3.53. The second kappa shape index (κ2) is 11.4. The largest absolute Gasteiger partial charge is 0.393 e. The van der Waals surface area contributed by atoms with Crippen LogP contribution in [0.3, 0.4) is 0 Å². The quantitative estimate of drug-likeness (QED) is 0.477. The molecule has 0 saturated heterocycles. The van der Waals surface area contributed by atoms with Crippen LogP contribution in [-0.2, 0) is 6.54 Å². The first-order valence-corrected chi connectivity index (χ1v) is 11.4. The summed E-state index contributed by atoms with van der Waals surface area (Å²) in [7, 11) is 0. The lowest BCUT2D eigenvalue weighted by atomic mass is 10.1. The predicted octanol–water partition coefficient (Wildman–Crippen LogP) is 2.53. The van der Waals surface area contributed by atoms with Gasteiger partial charge in [0, 0.05) is 44.4 Å². The molecule has 0 aromatic carbocycles. The van der Waals surface area contributed by atoms with Gasteiger partial charge in [0.1, 0.15) is 11.4 Å². The van der Waals surface area contributed by atoms with Crippen molar-refractivity contribution in [2.75, 3.05) is 23.7 Å². The maximum atomic E-state index is 12.9. The number of aliphatic hydroxyl groups excluding tert-OH is 1. The van der Waals surface area contributed by atoms with Gasteiger partial charge in [-0.2, -0.15) is 10.1 Å². The van der Waals surface area contributed by atoms with Gasteiger partial charge in [0.15, 0.2) is 5.82 Å². The summed E-state index contributed by atoms with van der Waals surface area (Å²) in [4.78, 5) is 26.1. The van der Waals surface area contributed by atoms with Crippen LogP contribution in [0.25, 0.3) is 5.82 Å². The third-order valence-corrected chi connectivity index (χ3v) is 5.54. The lowest BCUT2D eigenvalue weighted by Crippen LogP contribution is -2.25.